The Morgan fingerprint density at radius 2 is 1.95 bits per heavy atom. The van der Waals surface area contributed by atoms with Gasteiger partial charge in [0, 0.05) is 12.0 Å². The fraction of sp³-hybridized carbons (Fsp3) is 0.118. The van der Waals surface area contributed by atoms with Crippen LogP contribution in [0, 0.1) is 0 Å². The van der Waals surface area contributed by atoms with E-state index in [2.05, 4.69) is 12.1 Å². The van der Waals surface area contributed by atoms with E-state index >= 15 is 0 Å². The van der Waals surface area contributed by atoms with Crippen molar-refractivity contribution in [3.8, 4) is 5.75 Å². The SMILES string of the molecule is O=C(c1ccco1)[C@@H]1Cc2c(ccc3ccccc23)O1. The molecule has 1 aromatic heterocycles. The molecule has 3 aromatic rings. The van der Waals surface area contributed by atoms with Gasteiger partial charge in [-0.1, -0.05) is 30.3 Å². The van der Waals surface area contributed by atoms with Gasteiger partial charge >= 0.3 is 0 Å². The highest BCUT2D eigenvalue weighted by Crippen LogP contribution is 2.35. The molecule has 2 aromatic carbocycles. The molecule has 0 radical (unpaired) electrons. The third kappa shape index (κ3) is 1.63. The normalized spacial score (nSPS) is 16.9. The van der Waals surface area contributed by atoms with Crippen LogP contribution in [0.25, 0.3) is 10.8 Å². The minimum absolute atomic E-state index is 0.102. The number of carbonyl (C=O) groups excluding carboxylic acids is 1. The van der Waals surface area contributed by atoms with Gasteiger partial charge in [-0.3, -0.25) is 4.79 Å². The van der Waals surface area contributed by atoms with E-state index in [1.807, 2.05) is 24.3 Å². The van der Waals surface area contributed by atoms with Crippen molar-refractivity contribution in [3.63, 3.8) is 0 Å². The molecule has 1 atom stereocenters. The van der Waals surface area contributed by atoms with E-state index in [1.165, 1.54) is 11.6 Å². The Morgan fingerprint density at radius 1 is 1.05 bits per heavy atom. The molecular formula is C17H12O3. The summed E-state index contributed by atoms with van der Waals surface area (Å²) in [6.45, 7) is 0. The van der Waals surface area contributed by atoms with Crippen molar-refractivity contribution in [1.82, 2.24) is 0 Å². The number of furan rings is 1. The van der Waals surface area contributed by atoms with Crippen LogP contribution in [0.3, 0.4) is 0 Å². The van der Waals surface area contributed by atoms with Gasteiger partial charge in [0.2, 0.25) is 5.78 Å². The average Bonchev–Trinajstić information content (AvgIpc) is 3.15. The standard InChI is InChI=1S/C17H12O3/c18-17(15-6-3-9-19-15)16-10-13-12-5-2-1-4-11(12)7-8-14(13)20-16/h1-9,16H,10H2/t16-/m0/s1. The molecule has 0 saturated carbocycles. The molecule has 3 heteroatoms. The van der Waals surface area contributed by atoms with E-state index in [0.717, 1.165) is 16.7 Å². The maximum Gasteiger partial charge on any atom is 0.238 e. The van der Waals surface area contributed by atoms with Crippen molar-refractivity contribution in [2.24, 2.45) is 0 Å². The summed E-state index contributed by atoms with van der Waals surface area (Å²) in [4.78, 5) is 12.3. The Labute approximate surface area is 115 Å². The second-order valence-electron chi connectivity index (χ2n) is 4.92. The Bertz CT molecular complexity index is 787. The van der Waals surface area contributed by atoms with Gasteiger partial charge in [0.25, 0.3) is 0 Å². The van der Waals surface area contributed by atoms with Crippen molar-refractivity contribution in [1.29, 1.82) is 0 Å². The number of ketones is 1. The molecule has 0 saturated heterocycles. The van der Waals surface area contributed by atoms with E-state index in [4.69, 9.17) is 9.15 Å². The lowest BCUT2D eigenvalue weighted by Gasteiger charge is -2.06. The Balaban J connectivity index is 1.73. The van der Waals surface area contributed by atoms with E-state index in [0.29, 0.717) is 12.2 Å². The molecule has 2 heterocycles. The minimum atomic E-state index is -0.484. The Morgan fingerprint density at radius 3 is 2.80 bits per heavy atom. The number of rotatable bonds is 2. The summed E-state index contributed by atoms with van der Waals surface area (Å²) in [6.07, 6.45) is 1.61. The van der Waals surface area contributed by atoms with Gasteiger partial charge in [-0.15, -0.1) is 0 Å². The fourth-order valence-electron chi connectivity index (χ4n) is 2.74. The van der Waals surface area contributed by atoms with Crippen LogP contribution in [0.1, 0.15) is 16.1 Å². The van der Waals surface area contributed by atoms with Crippen LogP contribution in [0.5, 0.6) is 5.75 Å². The zero-order valence-electron chi connectivity index (χ0n) is 10.7. The molecule has 0 amide bonds. The first kappa shape index (κ1) is 11.3. The second kappa shape index (κ2) is 4.23. The maximum atomic E-state index is 12.3. The van der Waals surface area contributed by atoms with Crippen molar-refractivity contribution < 1.29 is 13.9 Å². The summed E-state index contributed by atoms with van der Waals surface area (Å²) in [5.41, 5.74) is 1.10. The summed E-state index contributed by atoms with van der Waals surface area (Å²) < 4.78 is 11.0. The zero-order valence-corrected chi connectivity index (χ0v) is 10.7. The predicted octanol–water partition coefficient (Wildman–Crippen LogP) is 3.62. The van der Waals surface area contributed by atoms with Gasteiger partial charge < -0.3 is 9.15 Å². The Kier molecular flexibility index (Phi) is 2.39. The largest absolute Gasteiger partial charge is 0.481 e. The van der Waals surface area contributed by atoms with Crippen molar-refractivity contribution >= 4 is 16.6 Å². The molecule has 0 bridgehead atoms. The van der Waals surface area contributed by atoms with Gasteiger partial charge in [-0.2, -0.15) is 0 Å². The van der Waals surface area contributed by atoms with Crippen LogP contribution >= 0.6 is 0 Å². The highest BCUT2D eigenvalue weighted by molar-refractivity contribution is 5.99. The van der Waals surface area contributed by atoms with E-state index < -0.39 is 6.10 Å². The highest BCUT2D eigenvalue weighted by atomic mass is 16.5. The molecule has 3 nitrogen and oxygen atoms in total. The van der Waals surface area contributed by atoms with Gasteiger partial charge in [-0.05, 0) is 29.0 Å². The molecular weight excluding hydrogens is 252 g/mol. The third-order valence-electron chi connectivity index (χ3n) is 3.71. The lowest BCUT2D eigenvalue weighted by molar-refractivity contribution is 0.0795. The first-order valence-electron chi connectivity index (χ1n) is 6.58. The van der Waals surface area contributed by atoms with Crippen molar-refractivity contribution in [3.05, 3.63) is 66.1 Å². The van der Waals surface area contributed by atoms with Crippen LogP contribution in [0.2, 0.25) is 0 Å². The molecule has 0 unspecified atom stereocenters. The van der Waals surface area contributed by atoms with Crippen molar-refractivity contribution in [2.45, 2.75) is 12.5 Å². The number of fused-ring (bicyclic) bond motifs is 3. The lowest BCUT2D eigenvalue weighted by atomic mass is 9.99. The van der Waals surface area contributed by atoms with E-state index in [9.17, 15) is 4.79 Å². The van der Waals surface area contributed by atoms with E-state index in [-0.39, 0.29) is 5.78 Å². The summed E-state index contributed by atoms with van der Waals surface area (Å²) >= 11 is 0. The number of ether oxygens (including phenoxy) is 1. The smallest absolute Gasteiger partial charge is 0.238 e. The predicted molar refractivity (Wildman–Crippen MR) is 75.1 cm³/mol. The fourth-order valence-corrected chi connectivity index (χ4v) is 2.74. The zero-order chi connectivity index (χ0) is 13.5. The van der Waals surface area contributed by atoms with Gasteiger partial charge in [0.05, 0.1) is 6.26 Å². The number of hydrogen-bond acceptors (Lipinski definition) is 3. The van der Waals surface area contributed by atoms with Crippen LogP contribution < -0.4 is 4.74 Å². The number of hydrogen-bond donors (Lipinski definition) is 0. The molecule has 1 aliphatic heterocycles. The van der Waals surface area contributed by atoms with E-state index in [1.54, 1.807) is 12.1 Å². The lowest BCUT2D eigenvalue weighted by Crippen LogP contribution is -2.24. The number of benzene rings is 2. The highest BCUT2D eigenvalue weighted by Gasteiger charge is 2.32. The van der Waals surface area contributed by atoms with Crippen molar-refractivity contribution in [2.75, 3.05) is 0 Å². The number of carbonyl (C=O) groups is 1. The quantitative estimate of drug-likeness (QED) is 0.664. The van der Waals surface area contributed by atoms with Gasteiger partial charge in [-0.25, -0.2) is 0 Å². The Hall–Kier alpha value is -2.55. The molecule has 0 fully saturated rings. The molecule has 0 spiro atoms. The molecule has 4 rings (SSSR count). The third-order valence-corrected chi connectivity index (χ3v) is 3.71. The first-order chi connectivity index (χ1) is 9.83. The summed E-state index contributed by atoms with van der Waals surface area (Å²) in [5.74, 6) is 1.05. The topological polar surface area (TPSA) is 39.4 Å². The van der Waals surface area contributed by atoms with Crippen LogP contribution in [-0.2, 0) is 6.42 Å². The van der Waals surface area contributed by atoms with Gasteiger partial charge in [0.1, 0.15) is 5.75 Å². The summed E-state index contributed by atoms with van der Waals surface area (Å²) in [7, 11) is 0. The van der Waals surface area contributed by atoms with Crippen LogP contribution in [0.15, 0.2) is 59.2 Å². The molecule has 0 N–H and O–H groups in total. The average molecular weight is 264 g/mol. The number of Topliss-reactive ketones (excluding diaryl/α,β-unsaturated/α-hetero) is 1. The summed E-state index contributed by atoms with van der Waals surface area (Å²) in [6, 6.07) is 15.5. The monoisotopic (exact) mass is 264 g/mol. The van der Waals surface area contributed by atoms with Crippen LogP contribution in [-0.4, -0.2) is 11.9 Å². The first-order valence-corrected chi connectivity index (χ1v) is 6.58. The molecule has 20 heavy (non-hydrogen) atoms. The van der Waals surface area contributed by atoms with Crippen LogP contribution in [0.4, 0.5) is 0 Å². The molecule has 1 aliphatic rings. The molecule has 0 aliphatic carbocycles. The second-order valence-corrected chi connectivity index (χ2v) is 4.92. The van der Waals surface area contributed by atoms with Gasteiger partial charge in [0.15, 0.2) is 11.9 Å². The summed E-state index contributed by atoms with van der Waals surface area (Å²) in [5, 5.41) is 2.32. The minimum Gasteiger partial charge on any atom is -0.481 e. The molecule has 98 valence electrons. The maximum absolute atomic E-state index is 12.3.